The minimum absolute atomic E-state index is 0.173. The van der Waals surface area contributed by atoms with Crippen LogP contribution in [0.2, 0.25) is 0 Å². The summed E-state index contributed by atoms with van der Waals surface area (Å²) >= 11 is 0. The second-order valence-electron chi connectivity index (χ2n) is 4.44. The van der Waals surface area contributed by atoms with Crippen molar-refractivity contribution in [1.82, 2.24) is 0 Å². The van der Waals surface area contributed by atoms with Gasteiger partial charge in [0.25, 0.3) is 5.78 Å². The maximum Gasteiger partial charge on any atom is 0.379 e. The molecule has 0 amide bonds. The summed E-state index contributed by atoms with van der Waals surface area (Å²) in [6.45, 7) is 4.92. The van der Waals surface area contributed by atoms with Gasteiger partial charge in [-0.1, -0.05) is 6.92 Å². The molecular weight excluding hydrogens is 248 g/mol. The van der Waals surface area contributed by atoms with E-state index in [0.717, 1.165) is 0 Å². The first-order chi connectivity index (χ1) is 9.11. The molecule has 1 aromatic rings. The van der Waals surface area contributed by atoms with E-state index in [9.17, 15) is 9.59 Å². The van der Waals surface area contributed by atoms with Gasteiger partial charge in [-0.05, 0) is 25.1 Å². The molecule has 1 aliphatic heterocycles. The third kappa shape index (κ3) is 3.05. The summed E-state index contributed by atoms with van der Waals surface area (Å²) in [5, 5.41) is 0. The van der Waals surface area contributed by atoms with Gasteiger partial charge in [0, 0.05) is 11.5 Å². The lowest BCUT2D eigenvalue weighted by Crippen LogP contribution is -2.17. The third-order valence-corrected chi connectivity index (χ3v) is 2.71. The molecule has 1 unspecified atom stereocenters. The maximum atomic E-state index is 11.8. The fourth-order valence-corrected chi connectivity index (χ4v) is 1.71. The summed E-state index contributed by atoms with van der Waals surface area (Å²) in [5.74, 6) is -0.184. The molecule has 1 heterocycles. The van der Waals surface area contributed by atoms with Crippen molar-refractivity contribution in [3.63, 3.8) is 0 Å². The molecule has 5 nitrogen and oxygen atoms in total. The van der Waals surface area contributed by atoms with Gasteiger partial charge in [0.2, 0.25) is 0 Å². The topological polar surface area (TPSA) is 61.8 Å². The summed E-state index contributed by atoms with van der Waals surface area (Å²) < 4.78 is 15.8. The summed E-state index contributed by atoms with van der Waals surface area (Å²) in [5.41, 5.74) is 0.246. The molecular formula is C14H16O5. The first-order valence-electron chi connectivity index (χ1n) is 6.23. The Labute approximate surface area is 111 Å². The van der Waals surface area contributed by atoms with Crippen LogP contribution in [0.5, 0.6) is 11.5 Å². The van der Waals surface area contributed by atoms with Crippen LogP contribution in [0.25, 0.3) is 0 Å². The molecule has 0 saturated carbocycles. The molecule has 1 atom stereocenters. The quantitative estimate of drug-likeness (QED) is 0.473. The highest BCUT2D eigenvalue weighted by molar-refractivity contribution is 6.40. The number of ketones is 1. The van der Waals surface area contributed by atoms with Crippen LogP contribution in [0.1, 0.15) is 24.2 Å². The van der Waals surface area contributed by atoms with Crippen LogP contribution in [-0.2, 0) is 9.53 Å². The van der Waals surface area contributed by atoms with E-state index in [1.54, 1.807) is 13.0 Å². The summed E-state index contributed by atoms with van der Waals surface area (Å²) in [7, 11) is 0. The normalized spacial score (nSPS) is 17.5. The number of hydrogen-bond acceptors (Lipinski definition) is 5. The lowest BCUT2D eigenvalue weighted by molar-refractivity contribution is -0.137. The number of carbonyl (C=O) groups excluding carboxylic acids is 2. The molecule has 0 bridgehead atoms. The van der Waals surface area contributed by atoms with Gasteiger partial charge in [0.15, 0.2) is 11.5 Å². The number of ether oxygens (including phenoxy) is 3. The van der Waals surface area contributed by atoms with E-state index in [1.165, 1.54) is 12.1 Å². The van der Waals surface area contributed by atoms with Gasteiger partial charge < -0.3 is 14.2 Å². The third-order valence-electron chi connectivity index (χ3n) is 2.71. The molecule has 0 fully saturated rings. The number of benzene rings is 1. The number of Topliss-reactive ketones (excluding diaryl/α,β-unsaturated/α-hetero) is 1. The Morgan fingerprint density at radius 3 is 2.63 bits per heavy atom. The molecule has 1 aliphatic rings. The smallest absolute Gasteiger partial charge is 0.379 e. The van der Waals surface area contributed by atoms with Crippen molar-refractivity contribution in [3.8, 4) is 11.5 Å². The lowest BCUT2D eigenvalue weighted by atomic mass is 10.1. The van der Waals surface area contributed by atoms with E-state index >= 15 is 0 Å². The Kier molecular flexibility index (Phi) is 4.04. The Balaban J connectivity index is 2.21. The second-order valence-corrected chi connectivity index (χ2v) is 4.44. The first-order valence-corrected chi connectivity index (χ1v) is 6.23. The molecule has 102 valence electrons. The van der Waals surface area contributed by atoms with Crippen molar-refractivity contribution < 1.29 is 23.8 Å². The molecule has 0 radical (unpaired) electrons. The van der Waals surface area contributed by atoms with Crippen molar-refractivity contribution in [3.05, 3.63) is 23.8 Å². The Morgan fingerprint density at radius 1 is 1.26 bits per heavy atom. The number of esters is 1. The highest BCUT2D eigenvalue weighted by Crippen LogP contribution is 2.31. The SMILES string of the molecule is CCOC(=O)C(=O)c1ccc2c(c1)OCC(C)CO2. The van der Waals surface area contributed by atoms with Crippen LogP contribution in [-0.4, -0.2) is 31.6 Å². The van der Waals surface area contributed by atoms with E-state index in [2.05, 4.69) is 4.74 Å². The van der Waals surface area contributed by atoms with E-state index in [0.29, 0.717) is 24.7 Å². The van der Waals surface area contributed by atoms with Crippen LogP contribution < -0.4 is 9.47 Å². The number of fused-ring (bicyclic) bond motifs is 1. The van der Waals surface area contributed by atoms with Gasteiger partial charge in [-0.25, -0.2) is 4.79 Å². The predicted octanol–water partition coefficient (Wildman–Crippen LogP) is 1.84. The van der Waals surface area contributed by atoms with Crippen LogP contribution in [0, 0.1) is 5.92 Å². The van der Waals surface area contributed by atoms with Gasteiger partial charge in [-0.15, -0.1) is 0 Å². The van der Waals surface area contributed by atoms with Crippen molar-refractivity contribution in [2.45, 2.75) is 13.8 Å². The van der Waals surface area contributed by atoms with Crippen molar-refractivity contribution in [2.24, 2.45) is 5.92 Å². The van der Waals surface area contributed by atoms with Crippen molar-refractivity contribution in [2.75, 3.05) is 19.8 Å². The summed E-state index contributed by atoms with van der Waals surface area (Å²) in [6, 6.07) is 4.70. The standard InChI is InChI=1S/C14H16O5/c1-3-17-14(16)13(15)10-4-5-11-12(6-10)19-8-9(2)7-18-11/h4-6,9H,3,7-8H2,1-2H3. The summed E-state index contributed by atoms with van der Waals surface area (Å²) in [4.78, 5) is 23.2. The highest BCUT2D eigenvalue weighted by atomic mass is 16.5. The van der Waals surface area contributed by atoms with E-state index in [-0.39, 0.29) is 18.1 Å². The number of hydrogen-bond donors (Lipinski definition) is 0. The number of rotatable bonds is 3. The fraction of sp³-hybridized carbons (Fsp3) is 0.429. The number of carbonyl (C=O) groups is 2. The largest absolute Gasteiger partial charge is 0.489 e. The second kappa shape index (κ2) is 5.73. The van der Waals surface area contributed by atoms with Crippen molar-refractivity contribution in [1.29, 1.82) is 0 Å². The van der Waals surface area contributed by atoms with Gasteiger partial charge >= 0.3 is 5.97 Å². The van der Waals surface area contributed by atoms with Crippen LogP contribution in [0.15, 0.2) is 18.2 Å². The van der Waals surface area contributed by atoms with Gasteiger partial charge in [-0.3, -0.25) is 4.79 Å². The fourth-order valence-electron chi connectivity index (χ4n) is 1.71. The Morgan fingerprint density at radius 2 is 1.95 bits per heavy atom. The highest BCUT2D eigenvalue weighted by Gasteiger charge is 2.21. The molecule has 0 N–H and O–H groups in total. The van der Waals surface area contributed by atoms with Gasteiger partial charge in [-0.2, -0.15) is 0 Å². The first kappa shape index (κ1) is 13.4. The van der Waals surface area contributed by atoms with E-state index in [1.807, 2.05) is 6.92 Å². The minimum Gasteiger partial charge on any atom is -0.489 e. The van der Waals surface area contributed by atoms with Gasteiger partial charge in [0.1, 0.15) is 0 Å². The molecule has 0 aliphatic carbocycles. The molecule has 0 spiro atoms. The van der Waals surface area contributed by atoms with Crippen LogP contribution in [0.3, 0.4) is 0 Å². The molecule has 0 saturated heterocycles. The Hall–Kier alpha value is -2.04. The monoisotopic (exact) mass is 264 g/mol. The zero-order valence-corrected chi connectivity index (χ0v) is 11.0. The molecule has 2 rings (SSSR count). The van der Waals surface area contributed by atoms with Crippen molar-refractivity contribution >= 4 is 11.8 Å². The molecule has 5 heteroatoms. The minimum atomic E-state index is -0.856. The average Bonchev–Trinajstić information content (AvgIpc) is 2.60. The van der Waals surface area contributed by atoms with Crippen LogP contribution in [0.4, 0.5) is 0 Å². The zero-order chi connectivity index (χ0) is 13.8. The molecule has 1 aromatic carbocycles. The predicted molar refractivity (Wildman–Crippen MR) is 67.6 cm³/mol. The molecule has 19 heavy (non-hydrogen) atoms. The average molecular weight is 264 g/mol. The maximum absolute atomic E-state index is 11.8. The van der Waals surface area contributed by atoms with E-state index < -0.39 is 11.8 Å². The summed E-state index contributed by atoms with van der Waals surface area (Å²) in [6.07, 6.45) is 0. The van der Waals surface area contributed by atoms with Gasteiger partial charge in [0.05, 0.1) is 19.8 Å². The molecule has 0 aromatic heterocycles. The van der Waals surface area contributed by atoms with E-state index in [4.69, 9.17) is 9.47 Å². The zero-order valence-electron chi connectivity index (χ0n) is 11.0. The lowest BCUT2D eigenvalue weighted by Gasteiger charge is -2.08. The Bertz CT molecular complexity index is 495. The van der Waals surface area contributed by atoms with Crippen LogP contribution >= 0.6 is 0 Å².